The Morgan fingerprint density at radius 1 is 0.724 bits per heavy atom. The van der Waals surface area contributed by atoms with Crippen molar-refractivity contribution in [2.45, 2.75) is 27.1 Å². The SMILES string of the molecule is Cc1c(COC(=O)c2ccccc2)oc(COC(=O)c2ccccc2)c(C)c1=O. The van der Waals surface area contributed by atoms with Gasteiger partial charge >= 0.3 is 11.9 Å². The molecule has 29 heavy (non-hydrogen) atoms. The van der Waals surface area contributed by atoms with Crippen molar-refractivity contribution in [2.24, 2.45) is 0 Å². The lowest BCUT2D eigenvalue weighted by atomic mass is 10.1. The Hall–Kier alpha value is -3.67. The van der Waals surface area contributed by atoms with E-state index in [0.717, 1.165) is 0 Å². The van der Waals surface area contributed by atoms with Gasteiger partial charge in [-0.1, -0.05) is 36.4 Å². The zero-order valence-corrected chi connectivity index (χ0v) is 16.1. The summed E-state index contributed by atoms with van der Waals surface area (Å²) in [5.41, 5.74) is 1.25. The fourth-order valence-electron chi connectivity index (χ4n) is 2.69. The molecule has 0 atom stereocenters. The van der Waals surface area contributed by atoms with Crippen molar-refractivity contribution in [1.82, 2.24) is 0 Å². The molecule has 0 amide bonds. The smallest absolute Gasteiger partial charge is 0.338 e. The molecule has 1 heterocycles. The summed E-state index contributed by atoms with van der Waals surface area (Å²) >= 11 is 0. The van der Waals surface area contributed by atoms with Crippen LogP contribution in [0.5, 0.6) is 0 Å². The van der Waals surface area contributed by atoms with Crippen LogP contribution < -0.4 is 5.43 Å². The van der Waals surface area contributed by atoms with Crippen LogP contribution in [0.1, 0.15) is 43.4 Å². The lowest BCUT2D eigenvalue weighted by molar-refractivity contribution is 0.0407. The maximum Gasteiger partial charge on any atom is 0.338 e. The van der Waals surface area contributed by atoms with Crippen molar-refractivity contribution in [3.8, 4) is 0 Å². The Morgan fingerprint density at radius 3 is 1.48 bits per heavy atom. The Kier molecular flexibility index (Phi) is 6.24. The fourth-order valence-corrected chi connectivity index (χ4v) is 2.69. The maximum absolute atomic E-state index is 12.5. The molecule has 0 fully saturated rings. The van der Waals surface area contributed by atoms with Crippen LogP contribution in [0.3, 0.4) is 0 Å². The zero-order valence-electron chi connectivity index (χ0n) is 16.1. The van der Waals surface area contributed by atoms with Gasteiger partial charge in [0.2, 0.25) is 0 Å². The molecule has 0 spiro atoms. The average Bonchev–Trinajstić information content (AvgIpc) is 2.77. The first-order valence-electron chi connectivity index (χ1n) is 9.03. The number of hydrogen-bond acceptors (Lipinski definition) is 6. The molecular formula is C23H20O6. The Bertz CT molecular complexity index is 985. The summed E-state index contributed by atoms with van der Waals surface area (Å²) in [7, 11) is 0. The second kappa shape index (κ2) is 9.01. The molecule has 2 aromatic carbocycles. The lowest BCUT2D eigenvalue weighted by Gasteiger charge is -2.12. The van der Waals surface area contributed by atoms with E-state index in [4.69, 9.17) is 13.9 Å². The van der Waals surface area contributed by atoms with Crippen LogP contribution in [0, 0.1) is 13.8 Å². The second-order valence-electron chi connectivity index (χ2n) is 6.41. The minimum atomic E-state index is -0.523. The largest absolute Gasteiger partial charge is 0.458 e. The van der Waals surface area contributed by atoms with Crippen LogP contribution in [0.15, 0.2) is 69.9 Å². The molecule has 0 radical (unpaired) electrons. The van der Waals surface area contributed by atoms with Gasteiger partial charge in [0, 0.05) is 11.1 Å². The van der Waals surface area contributed by atoms with Gasteiger partial charge in [0.05, 0.1) is 11.1 Å². The fraction of sp³-hybridized carbons (Fsp3) is 0.174. The molecule has 1 aromatic heterocycles. The molecule has 0 aliphatic heterocycles. The van der Waals surface area contributed by atoms with Gasteiger partial charge in [-0.15, -0.1) is 0 Å². The number of carbonyl (C=O) groups is 2. The van der Waals surface area contributed by atoms with Crippen LogP contribution in [0.2, 0.25) is 0 Å². The normalized spacial score (nSPS) is 10.4. The molecule has 0 bridgehead atoms. The number of benzene rings is 2. The molecule has 0 unspecified atom stereocenters. The van der Waals surface area contributed by atoms with E-state index in [2.05, 4.69) is 0 Å². The number of esters is 2. The van der Waals surface area contributed by atoms with E-state index in [-0.39, 0.29) is 30.2 Å². The first kappa shape index (κ1) is 20.1. The molecule has 0 saturated heterocycles. The van der Waals surface area contributed by atoms with E-state index < -0.39 is 11.9 Å². The predicted octanol–water partition coefficient (Wildman–Crippen LogP) is 3.97. The summed E-state index contributed by atoms with van der Waals surface area (Å²) in [5.74, 6) is -0.609. The monoisotopic (exact) mass is 392 g/mol. The summed E-state index contributed by atoms with van der Waals surface area (Å²) in [6, 6.07) is 17.0. The minimum Gasteiger partial charge on any atom is -0.458 e. The van der Waals surface area contributed by atoms with Gasteiger partial charge in [-0.2, -0.15) is 0 Å². The second-order valence-corrected chi connectivity index (χ2v) is 6.41. The third kappa shape index (κ3) is 4.79. The summed E-state index contributed by atoms with van der Waals surface area (Å²) in [5, 5.41) is 0. The molecular weight excluding hydrogens is 372 g/mol. The molecule has 0 aliphatic carbocycles. The van der Waals surface area contributed by atoms with Gasteiger partial charge in [-0.05, 0) is 38.1 Å². The highest BCUT2D eigenvalue weighted by Crippen LogP contribution is 2.15. The van der Waals surface area contributed by atoms with Crippen LogP contribution in [-0.4, -0.2) is 11.9 Å². The van der Waals surface area contributed by atoms with Gasteiger partial charge in [0.25, 0.3) is 0 Å². The molecule has 0 N–H and O–H groups in total. The van der Waals surface area contributed by atoms with Gasteiger partial charge in [-0.3, -0.25) is 4.79 Å². The Balaban J connectivity index is 1.73. The number of rotatable bonds is 6. The number of hydrogen-bond donors (Lipinski definition) is 0. The van der Waals surface area contributed by atoms with E-state index in [9.17, 15) is 14.4 Å². The molecule has 0 saturated carbocycles. The van der Waals surface area contributed by atoms with Crippen molar-refractivity contribution in [2.75, 3.05) is 0 Å². The molecule has 0 aliphatic rings. The quantitative estimate of drug-likeness (QED) is 0.590. The molecule has 3 rings (SSSR count). The van der Waals surface area contributed by atoms with Gasteiger partial charge in [0.15, 0.2) is 5.43 Å². The Morgan fingerprint density at radius 2 is 1.10 bits per heavy atom. The maximum atomic E-state index is 12.5. The van der Waals surface area contributed by atoms with E-state index in [1.54, 1.807) is 74.5 Å². The lowest BCUT2D eigenvalue weighted by Crippen LogP contribution is -2.17. The molecule has 3 aromatic rings. The van der Waals surface area contributed by atoms with Crippen molar-refractivity contribution >= 4 is 11.9 Å². The van der Waals surface area contributed by atoms with Crippen molar-refractivity contribution in [3.05, 3.63) is 105 Å². The van der Waals surface area contributed by atoms with E-state index in [0.29, 0.717) is 22.3 Å². The van der Waals surface area contributed by atoms with E-state index in [1.165, 1.54) is 0 Å². The minimum absolute atomic E-state index is 0.200. The average molecular weight is 392 g/mol. The van der Waals surface area contributed by atoms with Crippen LogP contribution in [0.25, 0.3) is 0 Å². The standard InChI is InChI=1S/C23H20O6/c1-15-19(13-27-22(25)17-9-5-3-6-10-17)29-20(16(2)21(15)24)14-28-23(26)18-11-7-4-8-12-18/h3-12H,13-14H2,1-2H3. The Labute approximate surface area is 167 Å². The van der Waals surface area contributed by atoms with Gasteiger partial charge < -0.3 is 13.9 Å². The molecule has 6 nitrogen and oxygen atoms in total. The highest BCUT2D eigenvalue weighted by molar-refractivity contribution is 5.89. The summed E-state index contributed by atoms with van der Waals surface area (Å²) in [6.45, 7) is 2.80. The first-order chi connectivity index (χ1) is 14.0. The number of carbonyl (C=O) groups excluding carboxylic acids is 2. The third-order valence-corrected chi connectivity index (χ3v) is 4.45. The van der Waals surface area contributed by atoms with E-state index in [1.807, 2.05) is 0 Å². The molecule has 6 heteroatoms. The highest BCUT2D eigenvalue weighted by atomic mass is 16.6. The van der Waals surface area contributed by atoms with Gasteiger partial charge in [0.1, 0.15) is 24.7 Å². The number of ether oxygens (including phenoxy) is 2. The van der Waals surface area contributed by atoms with Crippen LogP contribution >= 0.6 is 0 Å². The van der Waals surface area contributed by atoms with Crippen molar-refractivity contribution < 1.29 is 23.5 Å². The van der Waals surface area contributed by atoms with E-state index >= 15 is 0 Å². The van der Waals surface area contributed by atoms with Gasteiger partial charge in [-0.25, -0.2) is 9.59 Å². The summed E-state index contributed by atoms with van der Waals surface area (Å²) < 4.78 is 16.3. The van der Waals surface area contributed by atoms with Crippen LogP contribution in [-0.2, 0) is 22.7 Å². The van der Waals surface area contributed by atoms with Crippen LogP contribution in [0.4, 0.5) is 0 Å². The summed E-state index contributed by atoms with van der Waals surface area (Å²) in [4.78, 5) is 36.8. The highest BCUT2D eigenvalue weighted by Gasteiger charge is 2.17. The third-order valence-electron chi connectivity index (χ3n) is 4.45. The van der Waals surface area contributed by atoms with Crippen molar-refractivity contribution in [3.63, 3.8) is 0 Å². The summed E-state index contributed by atoms with van der Waals surface area (Å²) in [6.07, 6.45) is 0. The molecule has 148 valence electrons. The first-order valence-corrected chi connectivity index (χ1v) is 9.03. The zero-order chi connectivity index (χ0) is 20.8. The topological polar surface area (TPSA) is 82.8 Å². The van der Waals surface area contributed by atoms with Crippen molar-refractivity contribution in [1.29, 1.82) is 0 Å². The predicted molar refractivity (Wildman–Crippen MR) is 106 cm³/mol.